The highest BCUT2D eigenvalue weighted by atomic mass is 16.5. The molecular weight excluding hydrogens is 250 g/mol. The van der Waals surface area contributed by atoms with Crippen LogP contribution in [0.5, 0.6) is 0 Å². The Labute approximate surface area is 124 Å². The van der Waals surface area contributed by atoms with Crippen molar-refractivity contribution < 1.29 is 4.74 Å². The van der Waals surface area contributed by atoms with E-state index in [0.29, 0.717) is 6.10 Å². The maximum absolute atomic E-state index is 5.89. The first-order valence-electron chi connectivity index (χ1n) is 8.61. The topological polar surface area (TPSA) is 41.7 Å². The fourth-order valence-electron chi connectivity index (χ4n) is 3.57. The lowest BCUT2D eigenvalue weighted by molar-refractivity contribution is -0.00985. The molecule has 0 bridgehead atoms. The zero-order valence-electron chi connectivity index (χ0n) is 13.2. The van der Waals surface area contributed by atoms with Crippen LogP contribution in [0.2, 0.25) is 0 Å². The lowest BCUT2D eigenvalue weighted by Gasteiger charge is -2.41. The first-order valence-corrected chi connectivity index (χ1v) is 8.61. The lowest BCUT2D eigenvalue weighted by atomic mass is 9.99. The number of ether oxygens (including phenoxy) is 1. The molecule has 2 saturated heterocycles. The highest BCUT2D eigenvalue weighted by molar-refractivity contribution is 4.83. The van der Waals surface area contributed by atoms with Crippen LogP contribution < -0.4 is 5.73 Å². The summed E-state index contributed by atoms with van der Waals surface area (Å²) >= 11 is 0. The van der Waals surface area contributed by atoms with E-state index in [1.54, 1.807) is 0 Å². The number of rotatable bonds is 7. The number of likely N-dealkylation sites (tertiary alicyclic amines) is 2. The van der Waals surface area contributed by atoms with Gasteiger partial charge >= 0.3 is 0 Å². The van der Waals surface area contributed by atoms with Crippen molar-refractivity contribution in [2.45, 2.75) is 57.6 Å². The monoisotopic (exact) mass is 283 g/mol. The maximum atomic E-state index is 5.89. The molecule has 4 heteroatoms. The molecule has 0 aromatic rings. The summed E-state index contributed by atoms with van der Waals surface area (Å²) in [6.45, 7) is 10.2. The van der Waals surface area contributed by atoms with Gasteiger partial charge in [-0.05, 0) is 64.7 Å². The van der Waals surface area contributed by atoms with Crippen LogP contribution in [0.25, 0.3) is 0 Å². The minimum absolute atomic E-state index is 0.484. The molecular formula is C16H33N3O. The Balaban J connectivity index is 1.62. The van der Waals surface area contributed by atoms with E-state index in [-0.39, 0.29) is 0 Å². The summed E-state index contributed by atoms with van der Waals surface area (Å²) in [5, 5.41) is 0. The summed E-state index contributed by atoms with van der Waals surface area (Å²) in [4.78, 5) is 5.34. The summed E-state index contributed by atoms with van der Waals surface area (Å²) in [5.41, 5.74) is 5.50. The van der Waals surface area contributed by atoms with Crippen LogP contribution in [0.15, 0.2) is 0 Å². The van der Waals surface area contributed by atoms with Crippen LogP contribution in [0.4, 0.5) is 0 Å². The Morgan fingerprint density at radius 1 is 1.05 bits per heavy atom. The molecule has 0 radical (unpaired) electrons. The van der Waals surface area contributed by atoms with Crippen molar-refractivity contribution >= 4 is 0 Å². The predicted octanol–water partition coefficient (Wildman–Crippen LogP) is 1.69. The molecule has 0 unspecified atom stereocenters. The third-order valence-electron chi connectivity index (χ3n) is 4.79. The van der Waals surface area contributed by atoms with Crippen LogP contribution in [0, 0.1) is 0 Å². The predicted molar refractivity (Wildman–Crippen MR) is 84.0 cm³/mol. The van der Waals surface area contributed by atoms with Gasteiger partial charge in [0, 0.05) is 25.7 Å². The summed E-state index contributed by atoms with van der Waals surface area (Å²) in [5.74, 6) is 0. The van der Waals surface area contributed by atoms with E-state index in [0.717, 1.165) is 25.6 Å². The van der Waals surface area contributed by atoms with Crippen LogP contribution >= 0.6 is 0 Å². The molecule has 2 heterocycles. The quantitative estimate of drug-likeness (QED) is 0.722. The van der Waals surface area contributed by atoms with E-state index in [2.05, 4.69) is 16.7 Å². The number of hydrogen-bond acceptors (Lipinski definition) is 4. The second kappa shape index (κ2) is 8.98. The first kappa shape index (κ1) is 16.2. The second-order valence-corrected chi connectivity index (χ2v) is 6.32. The highest BCUT2D eigenvalue weighted by Crippen LogP contribution is 2.22. The van der Waals surface area contributed by atoms with Gasteiger partial charge in [-0.25, -0.2) is 0 Å². The smallest absolute Gasteiger partial charge is 0.0599 e. The molecule has 2 rings (SSSR count). The summed E-state index contributed by atoms with van der Waals surface area (Å²) in [6, 6.07) is 0.827. The van der Waals surface area contributed by atoms with Crippen molar-refractivity contribution in [2.75, 3.05) is 45.9 Å². The molecule has 2 aliphatic heterocycles. The third kappa shape index (κ3) is 4.99. The summed E-state index contributed by atoms with van der Waals surface area (Å²) < 4.78 is 5.89. The zero-order valence-corrected chi connectivity index (χ0v) is 13.2. The lowest BCUT2D eigenvalue weighted by Crippen LogP contribution is -2.48. The summed E-state index contributed by atoms with van der Waals surface area (Å²) in [6.07, 6.45) is 7.90. The number of nitrogens with two attached hydrogens (primary N) is 1. The minimum Gasteiger partial charge on any atom is -0.378 e. The van der Waals surface area contributed by atoms with E-state index in [1.165, 1.54) is 64.8 Å². The van der Waals surface area contributed by atoms with Gasteiger partial charge < -0.3 is 20.3 Å². The molecule has 0 amide bonds. The van der Waals surface area contributed by atoms with Gasteiger partial charge in [0.1, 0.15) is 0 Å². The normalized spacial score (nSPS) is 24.3. The van der Waals surface area contributed by atoms with Crippen LogP contribution in [0.1, 0.15) is 45.4 Å². The zero-order chi connectivity index (χ0) is 14.2. The summed E-state index contributed by atoms with van der Waals surface area (Å²) in [7, 11) is 0. The Morgan fingerprint density at radius 2 is 1.75 bits per heavy atom. The number of hydrogen-bond donors (Lipinski definition) is 1. The van der Waals surface area contributed by atoms with Gasteiger partial charge in [0.25, 0.3) is 0 Å². The van der Waals surface area contributed by atoms with Crippen LogP contribution in [-0.2, 0) is 4.74 Å². The molecule has 0 aromatic carbocycles. The molecule has 0 aliphatic carbocycles. The van der Waals surface area contributed by atoms with Gasteiger partial charge in [0.2, 0.25) is 0 Å². The Kier molecular flexibility index (Phi) is 7.28. The fraction of sp³-hybridized carbons (Fsp3) is 1.00. The van der Waals surface area contributed by atoms with Crippen molar-refractivity contribution in [1.82, 2.24) is 9.80 Å². The molecule has 20 heavy (non-hydrogen) atoms. The van der Waals surface area contributed by atoms with Crippen LogP contribution in [-0.4, -0.2) is 67.8 Å². The highest BCUT2D eigenvalue weighted by Gasteiger charge is 2.28. The van der Waals surface area contributed by atoms with Crippen molar-refractivity contribution in [1.29, 1.82) is 0 Å². The van der Waals surface area contributed by atoms with Gasteiger partial charge in [-0.1, -0.05) is 6.92 Å². The molecule has 0 aromatic heterocycles. The van der Waals surface area contributed by atoms with E-state index >= 15 is 0 Å². The van der Waals surface area contributed by atoms with Crippen molar-refractivity contribution in [3.63, 3.8) is 0 Å². The van der Waals surface area contributed by atoms with Crippen molar-refractivity contribution in [2.24, 2.45) is 5.73 Å². The first-order chi connectivity index (χ1) is 9.83. The molecule has 2 N–H and O–H groups in total. The molecule has 2 fully saturated rings. The standard InChI is InChI=1S/C16H33N3O/c1-2-9-18-10-4-15(5-11-18)19-12-6-16(7-13-19)20-14-3-8-17/h15-16H,2-14,17H2,1H3. The molecule has 2 aliphatic rings. The Morgan fingerprint density at radius 3 is 2.35 bits per heavy atom. The number of nitrogens with zero attached hydrogens (tertiary/aromatic N) is 2. The van der Waals surface area contributed by atoms with Gasteiger partial charge in [0.05, 0.1) is 6.10 Å². The molecule has 0 spiro atoms. The largest absolute Gasteiger partial charge is 0.378 e. The van der Waals surface area contributed by atoms with Crippen molar-refractivity contribution in [3.8, 4) is 0 Å². The fourth-order valence-corrected chi connectivity index (χ4v) is 3.57. The van der Waals surface area contributed by atoms with Gasteiger partial charge in [-0.15, -0.1) is 0 Å². The second-order valence-electron chi connectivity index (χ2n) is 6.32. The van der Waals surface area contributed by atoms with E-state index < -0.39 is 0 Å². The molecule has 118 valence electrons. The molecule has 4 nitrogen and oxygen atoms in total. The third-order valence-corrected chi connectivity index (χ3v) is 4.79. The Hall–Kier alpha value is -0.160. The van der Waals surface area contributed by atoms with Gasteiger partial charge in [-0.3, -0.25) is 0 Å². The maximum Gasteiger partial charge on any atom is 0.0599 e. The SMILES string of the molecule is CCCN1CCC(N2CCC(OCCCN)CC2)CC1. The Bertz CT molecular complexity index is 246. The molecule has 0 atom stereocenters. The van der Waals surface area contributed by atoms with Gasteiger partial charge in [-0.2, -0.15) is 0 Å². The average Bonchev–Trinajstić information content (AvgIpc) is 2.49. The average molecular weight is 283 g/mol. The van der Waals surface area contributed by atoms with E-state index in [1.807, 2.05) is 0 Å². The van der Waals surface area contributed by atoms with Crippen LogP contribution in [0.3, 0.4) is 0 Å². The van der Waals surface area contributed by atoms with Crippen molar-refractivity contribution in [3.05, 3.63) is 0 Å². The van der Waals surface area contributed by atoms with Gasteiger partial charge in [0.15, 0.2) is 0 Å². The number of piperidine rings is 2. The molecule has 0 saturated carbocycles. The van der Waals surface area contributed by atoms with E-state index in [9.17, 15) is 0 Å². The van der Waals surface area contributed by atoms with E-state index in [4.69, 9.17) is 10.5 Å². The minimum atomic E-state index is 0.484.